The lowest BCUT2D eigenvalue weighted by molar-refractivity contribution is -0.116. The van der Waals surface area contributed by atoms with Crippen LogP contribution in [0.2, 0.25) is 0 Å². The van der Waals surface area contributed by atoms with Crippen LogP contribution in [0.1, 0.15) is 0 Å². The zero-order valence-corrected chi connectivity index (χ0v) is 8.40. The lowest BCUT2D eigenvalue weighted by Crippen LogP contribution is -2.18. The van der Waals surface area contributed by atoms with Crippen molar-refractivity contribution in [1.82, 2.24) is 0 Å². The Morgan fingerprint density at radius 3 is 2.62 bits per heavy atom. The second-order valence-electron chi connectivity index (χ2n) is 2.47. The van der Waals surface area contributed by atoms with E-state index in [0.717, 1.165) is 4.47 Å². The highest BCUT2D eigenvalue weighted by Gasteiger charge is 2.01. The third kappa shape index (κ3) is 3.57. The summed E-state index contributed by atoms with van der Waals surface area (Å²) in [5.41, 5.74) is 0. The number of carbonyl (C=O) groups is 1. The van der Waals surface area contributed by atoms with Crippen LogP contribution in [0.25, 0.3) is 0 Å². The number of aliphatic hydroxyl groups is 1. The Labute approximate surface area is 84.5 Å². The van der Waals surface area contributed by atoms with Crippen LogP contribution in [-0.2, 0) is 4.79 Å². The molecule has 0 saturated heterocycles. The van der Waals surface area contributed by atoms with Crippen LogP contribution in [0, 0.1) is 0 Å². The second kappa shape index (κ2) is 4.99. The molecule has 0 amide bonds. The molecule has 1 aromatic carbocycles. The molecule has 1 N–H and O–H groups in total. The van der Waals surface area contributed by atoms with Crippen LogP contribution in [-0.4, -0.2) is 24.1 Å². The molecule has 0 heterocycles. The molecule has 0 fully saturated rings. The Morgan fingerprint density at radius 2 is 2.08 bits per heavy atom. The van der Waals surface area contributed by atoms with Gasteiger partial charge in [-0.15, -0.1) is 0 Å². The molecule has 0 aliphatic rings. The average Bonchev–Trinajstić information content (AvgIpc) is 2.16. The maximum Gasteiger partial charge on any atom is 0.151 e. The van der Waals surface area contributed by atoms with Crippen molar-refractivity contribution in [2.45, 2.75) is 6.10 Å². The van der Waals surface area contributed by atoms with E-state index in [-0.39, 0.29) is 6.61 Å². The molecule has 0 radical (unpaired) electrons. The highest BCUT2D eigenvalue weighted by molar-refractivity contribution is 9.10. The van der Waals surface area contributed by atoms with E-state index in [2.05, 4.69) is 15.9 Å². The zero-order valence-electron chi connectivity index (χ0n) is 6.81. The van der Waals surface area contributed by atoms with Gasteiger partial charge in [0.15, 0.2) is 6.29 Å². The molecule has 0 saturated carbocycles. The number of aliphatic hydroxyl groups excluding tert-OH is 1. The molecular weight excluding hydrogens is 236 g/mol. The fraction of sp³-hybridized carbons (Fsp3) is 0.222. The lowest BCUT2D eigenvalue weighted by atomic mass is 10.3. The summed E-state index contributed by atoms with van der Waals surface area (Å²) < 4.78 is 6.07. The van der Waals surface area contributed by atoms with Crippen molar-refractivity contribution in [2.24, 2.45) is 0 Å². The SMILES string of the molecule is O=CC(O)COc1ccc(Br)cc1. The molecule has 0 bridgehead atoms. The van der Waals surface area contributed by atoms with Crippen LogP contribution in [0.15, 0.2) is 28.7 Å². The first-order valence-corrected chi connectivity index (χ1v) is 4.53. The predicted octanol–water partition coefficient (Wildman–Crippen LogP) is 1.39. The van der Waals surface area contributed by atoms with Gasteiger partial charge in [0.25, 0.3) is 0 Å². The molecule has 0 aromatic heterocycles. The molecule has 13 heavy (non-hydrogen) atoms. The van der Waals surface area contributed by atoms with E-state index in [0.29, 0.717) is 12.0 Å². The molecule has 0 aliphatic carbocycles. The van der Waals surface area contributed by atoms with Gasteiger partial charge in [-0.05, 0) is 24.3 Å². The number of benzene rings is 1. The number of carbonyl (C=O) groups excluding carboxylic acids is 1. The van der Waals surface area contributed by atoms with E-state index in [1.54, 1.807) is 12.1 Å². The highest BCUT2D eigenvalue weighted by atomic mass is 79.9. The fourth-order valence-corrected chi connectivity index (χ4v) is 1.02. The van der Waals surface area contributed by atoms with Gasteiger partial charge in [0.2, 0.25) is 0 Å². The molecule has 70 valence electrons. The van der Waals surface area contributed by atoms with Gasteiger partial charge in [-0.1, -0.05) is 15.9 Å². The number of hydrogen-bond acceptors (Lipinski definition) is 3. The van der Waals surface area contributed by atoms with Gasteiger partial charge in [-0.2, -0.15) is 0 Å². The van der Waals surface area contributed by atoms with E-state index < -0.39 is 6.10 Å². The van der Waals surface area contributed by atoms with E-state index in [1.807, 2.05) is 12.1 Å². The standard InChI is InChI=1S/C9H9BrO3/c10-7-1-3-9(4-2-7)13-6-8(12)5-11/h1-5,8,12H,6H2. The summed E-state index contributed by atoms with van der Waals surface area (Å²) in [5.74, 6) is 0.629. The van der Waals surface area contributed by atoms with E-state index in [1.165, 1.54) is 0 Å². The Kier molecular flexibility index (Phi) is 3.92. The highest BCUT2D eigenvalue weighted by Crippen LogP contribution is 2.15. The van der Waals surface area contributed by atoms with Crippen LogP contribution in [0.4, 0.5) is 0 Å². The summed E-state index contributed by atoms with van der Waals surface area (Å²) >= 11 is 3.28. The van der Waals surface area contributed by atoms with Crippen molar-refractivity contribution < 1.29 is 14.6 Å². The molecular formula is C9H9BrO3. The number of ether oxygens (including phenoxy) is 1. The molecule has 0 aliphatic heterocycles. The van der Waals surface area contributed by atoms with Crippen molar-refractivity contribution in [3.05, 3.63) is 28.7 Å². The Morgan fingerprint density at radius 1 is 1.46 bits per heavy atom. The predicted molar refractivity (Wildman–Crippen MR) is 51.7 cm³/mol. The van der Waals surface area contributed by atoms with Crippen molar-refractivity contribution in [1.29, 1.82) is 0 Å². The van der Waals surface area contributed by atoms with Crippen LogP contribution in [0.5, 0.6) is 5.75 Å². The third-order valence-electron chi connectivity index (χ3n) is 1.39. The lowest BCUT2D eigenvalue weighted by Gasteiger charge is -2.06. The first-order valence-electron chi connectivity index (χ1n) is 3.74. The van der Waals surface area contributed by atoms with Crippen LogP contribution in [0.3, 0.4) is 0 Å². The van der Waals surface area contributed by atoms with E-state index >= 15 is 0 Å². The minimum Gasteiger partial charge on any atom is -0.490 e. The largest absolute Gasteiger partial charge is 0.490 e. The van der Waals surface area contributed by atoms with E-state index in [4.69, 9.17) is 9.84 Å². The Hall–Kier alpha value is -0.870. The molecule has 3 nitrogen and oxygen atoms in total. The quantitative estimate of drug-likeness (QED) is 0.815. The van der Waals surface area contributed by atoms with Crippen molar-refractivity contribution >= 4 is 22.2 Å². The summed E-state index contributed by atoms with van der Waals surface area (Å²) in [7, 11) is 0. The normalized spacial score (nSPS) is 12.2. The van der Waals surface area contributed by atoms with Gasteiger partial charge in [-0.25, -0.2) is 0 Å². The number of rotatable bonds is 4. The van der Waals surface area contributed by atoms with Gasteiger partial charge in [0, 0.05) is 4.47 Å². The molecule has 1 rings (SSSR count). The molecule has 1 atom stereocenters. The number of aldehydes is 1. The molecule has 0 spiro atoms. The minimum atomic E-state index is -1.05. The Bertz CT molecular complexity index is 271. The summed E-state index contributed by atoms with van der Waals surface area (Å²) in [6.07, 6.45) is -0.609. The number of halogens is 1. The average molecular weight is 245 g/mol. The molecule has 1 unspecified atom stereocenters. The van der Waals surface area contributed by atoms with Crippen molar-refractivity contribution in [3.63, 3.8) is 0 Å². The summed E-state index contributed by atoms with van der Waals surface area (Å²) in [4.78, 5) is 10.0. The summed E-state index contributed by atoms with van der Waals surface area (Å²) in [5, 5.41) is 8.87. The van der Waals surface area contributed by atoms with Crippen LogP contribution >= 0.6 is 15.9 Å². The van der Waals surface area contributed by atoms with E-state index in [9.17, 15) is 4.79 Å². The first-order chi connectivity index (χ1) is 6.22. The van der Waals surface area contributed by atoms with Crippen LogP contribution < -0.4 is 4.74 Å². The van der Waals surface area contributed by atoms with Crippen molar-refractivity contribution in [3.8, 4) is 5.75 Å². The van der Waals surface area contributed by atoms with Gasteiger partial charge >= 0.3 is 0 Å². The molecule has 4 heteroatoms. The topological polar surface area (TPSA) is 46.5 Å². The maximum atomic E-state index is 10.0. The minimum absolute atomic E-state index is 0.00880. The summed E-state index contributed by atoms with van der Waals surface area (Å²) in [6, 6.07) is 7.15. The second-order valence-corrected chi connectivity index (χ2v) is 3.38. The van der Waals surface area contributed by atoms with Crippen molar-refractivity contribution in [2.75, 3.05) is 6.61 Å². The van der Waals surface area contributed by atoms with Gasteiger partial charge in [0.05, 0.1) is 0 Å². The fourth-order valence-electron chi connectivity index (χ4n) is 0.752. The molecule has 1 aromatic rings. The summed E-state index contributed by atoms with van der Waals surface area (Å²) in [6.45, 7) is -0.00880. The van der Waals surface area contributed by atoms with Gasteiger partial charge < -0.3 is 14.6 Å². The Balaban J connectivity index is 2.45. The van der Waals surface area contributed by atoms with Gasteiger partial charge in [0.1, 0.15) is 18.5 Å². The zero-order chi connectivity index (χ0) is 9.68. The monoisotopic (exact) mass is 244 g/mol. The third-order valence-corrected chi connectivity index (χ3v) is 1.92. The smallest absolute Gasteiger partial charge is 0.151 e. The number of hydrogen-bond donors (Lipinski definition) is 1. The van der Waals surface area contributed by atoms with Gasteiger partial charge in [-0.3, -0.25) is 0 Å². The first kappa shape index (κ1) is 10.2. The maximum absolute atomic E-state index is 10.0.